The van der Waals surface area contributed by atoms with E-state index in [0.717, 1.165) is 19.2 Å². The van der Waals surface area contributed by atoms with Crippen LogP contribution in [-0.2, 0) is 14.9 Å². The maximum Gasteiger partial charge on any atom is 0.573 e. The maximum absolute atomic E-state index is 12.0. The molecule has 0 saturated carbocycles. The van der Waals surface area contributed by atoms with Crippen LogP contribution in [-0.4, -0.2) is 21.9 Å². The lowest BCUT2D eigenvalue weighted by atomic mass is 10.3. The summed E-state index contributed by atoms with van der Waals surface area (Å²) < 4.78 is 62.6. The van der Waals surface area contributed by atoms with Gasteiger partial charge in [0.15, 0.2) is 0 Å². The van der Waals surface area contributed by atoms with Crippen molar-refractivity contribution in [1.29, 1.82) is 0 Å². The predicted octanol–water partition coefficient (Wildman–Crippen LogP) is 1.42. The second kappa shape index (κ2) is 4.90. The van der Waals surface area contributed by atoms with Gasteiger partial charge in [0.2, 0.25) is 0 Å². The monoisotopic (exact) mass is 271 g/mol. The minimum absolute atomic E-state index is 0.667. The Morgan fingerprint density at radius 2 is 1.82 bits per heavy atom. The van der Waals surface area contributed by atoms with Crippen LogP contribution in [0.4, 0.5) is 13.2 Å². The quantitative estimate of drug-likeness (QED) is 0.841. The van der Waals surface area contributed by atoms with E-state index < -0.39 is 27.0 Å². The van der Waals surface area contributed by atoms with Crippen LogP contribution in [0.25, 0.3) is 0 Å². The molecule has 0 aliphatic carbocycles. The molecule has 1 rings (SSSR count). The van der Waals surface area contributed by atoms with Crippen molar-refractivity contribution in [2.45, 2.75) is 11.3 Å². The predicted molar refractivity (Wildman–Crippen MR) is 50.5 cm³/mol. The summed E-state index contributed by atoms with van der Waals surface area (Å²) in [4.78, 5) is 5.09. The number of ether oxygens (including phenoxy) is 1. The smallest absolute Gasteiger partial charge is 0.404 e. The fourth-order valence-electron chi connectivity index (χ4n) is 1.04. The third-order valence-corrected chi connectivity index (χ3v) is 2.86. The Hall–Kier alpha value is -1.32. The molecule has 0 aliphatic heterocycles. The van der Waals surface area contributed by atoms with Crippen molar-refractivity contribution in [1.82, 2.24) is 4.89 Å². The van der Waals surface area contributed by atoms with Crippen molar-refractivity contribution in [2.24, 2.45) is 0 Å². The average Bonchev–Trinajstić information content (AvgIpc) is 2.15. The highest BCUT2D eigenvalue weighted by molar-refractivity contribution is 7.89. The first-order valence-electron chi connectivity index (χ1n) is 4.16. The highest BCUT2D eigenvalue weighted by Gasteiger charge is 2.33. The maximum atomic E-state index is 12.0. The van der Waals surface area contributed by atoms with E-state index in [9.17, 15) is 21.6 Å². The summed E-state index contributed by atoms with van der Waals surface area (Å²) in [7, 11) is -3.19. The number of sulfonamides is 1. The first-order chi connectivity index (χ1) is 7.76. The van der Waals surface area contributed by atoms with Crippen LogP contribution in [0.5, 0.6) is 5.75 Å². The first-order valence-corrected chi connectivity index (χ1v) is 5.64. The van der Waals surface area contributed by atoms with Gasteiger partial charge < -0.3 is 4.74 Å². The summed E-state index contributed by atoms with van der Waals surface area (Å²) in [5.41, 5.74) is 0. The molecule has 1 N–H and O–H groups in total. The molecule has 0 spiro atoms. The number of alkyl halides is 3. The van der Waals surface area contributed by atoms with Crippen LogP contribution in [0.2, 0.25) is 0 Å². The molecule has 1 aromatic carbocycles. The Balaban J connectivity index is 3.17. The number of para-hydroxylation sites is 1. The van der Waals surface area contributed by atoms with Gasteiger partial charge in [0.1, 0.15) is 10.6 Å². The molecule has 96 valence electrons. The van der Waals surface area contributed by atoms with Gasteiger partial charge >= 0.3 is 6.36 Å². The molecule has 0 unspecified atom stereocenters. The first kappa shape index (κ1) is 13.7. The van der Waals surface area contributed by atoms with Gasteiger partial charge in [-0.2, -0.15) is 0 Å². The second-order valence-corrected chi connectivity index (χ2v) is 4.40. The lowest BCUT2D eigenvalue weighted by Crippen LogP contribution is -2.25. The van der Waals surface area contributed by atoms with E-state index in [0.29, 0.717) is 0 Å². The summed E-state index contributed by atoms with van der Waals surface area (Å²) in [6.07, 6.45) is -4.97. The molecule has 0 aliphatic rings. The zero-order valence-electron chi connectivity index (χ0n) is 8.48. The van der Waals surface area contributed by atoms with Crippen LogP contribution in [0, 0.1) is 0 Å². The fourth-order valence-corrected chi connectivity index (χ4v) is 1.98. The highest BCUT2D eigenvalue weighted by Crippen LogP contribution is 2.28. The molecule has 0 saturated heterocycles. The van der Waals surface area contributed by atoms with E-state index in [1.165, 1.54) is 12.1 Å². The van der Waals surface area contributed by atoms with E-state index in [4.69, 9.17) is 0 Å². The molecule has 0 radical (unpaired) electrons. The Bertz CT molecular complexity index is 486. The summed E-state index contributed by atoms with van der Waals surface area (Å²) in [5.74, 6) is -0.829. The number of halogens is 3. The highest BCUT2D eigenvalue weighted by atomic mass is 32.2. The van der Waals surface area contributed by atoms with Crippen molar-refractivity contribution in [2.75, 3.05) is 7.11 Å². The zero-order valence-corrected chi connectivity index (χ0v) is 9.30. The van der Waals surface area contributed by atoms with Gasteiger partial charge in [0.25, 0.3) is 10.0 Å². The number of hydrogen-bond acceptors (Lipinski definition) is 4. The van der Waals surface area contributed by atoms with Gasteiger partial charge in [0.05, 0.1) is 7.11 Å². The molecule has 0 atom stereocenters. The van der Waals surface area contributed by atoms with Crippen molar-refractivity contribution in [3.63, 3.8) is 0 Å². The molecule has 0 heterocycles. The lowest BCUT2D eigenvalue weighted by Gasteiger charge is -2.12. The van der Waals surface area contributed by atoms with Gasteiger partial charge in [-0.25, -0.2) is 8.42 Å². The Morgan fingerprint density at radius 3 is 2.35 bits per heavy atom. The lowest BCUT2D eigenvalue weighted by molar-refractivity contribution is -0.275. The van der Waals surface area contributed by atoms with E-state index >= 15 is 0 Å². The van der Waals surface area contributed by atoms with E-state index in [-0.39, 0.29) is 0 Å². The number of nitrogens with one attached hydrogen (secondary N) is 1. The molecular weight excluding hydrogens is 263 g/mol. The second-order valence-electron chi connectivity index (χ2n) is 2.79. The summed E-state index contributed by atoms with van der Waals surface area (Å²) in [6, 6.07) is 4.32. The van der Waals surface area contributed by atoms with E-state index in [2.05, 4.69) is 9.57 Å². The van der Waals surface area contributed by atoms with Gasteiger partial charge in [-0.1, -0.05) is 17.0 Å². The molecule has 1 aromatic rings. The minimum Gasteiger partial charge on any atom is -0.404 e. The largest absolute Gasteiger partial charge is 0.573 e. The normalized spacial score (nSPS) is 12.5. The zero-order chi connectivity index (χ0) is 13.1. The van der Waals surface area contributed by atoms with Crippen LogP contribution in [0.1, 0.15) is 0 Å². The van der Waals surface area contributed by atoms with Crippen molar-refractivity contribution >= 4 is 10.0 Å². The molecule has 0 bridgehead atoms. The number of hydrogen-bond donors (Lipinski definition) is 1. The SMILES string of the molecule is CONS(=O)(=O)c1ccccc1OC(F)(F)F. The van der Waals surface area contributed by atoms with Crippen LogP contribution in [0.15, 0.2) is 29.2 Å². The van der Waals surface area contributed by atoms with Crippen molar-refractivity contribution in [3.05, 3.63) is 24.3 Å². The minimum atomic E-state index is -4.97. The topological polar surface area (TPSA) is 64.6 Å². The number of benzene rings is 1. The Kier molecular flexibility index (Phi) is 3.96. The third-order valence-electron chi connectivity index (χ3n) is 1.56. The van der Waals surface area contributed by atoms with Crippen LogP contribution in [0.3, 0.4) is 0 Å². The Labute approximate surface area is 95.1 Å². The summed E-state index contributed by atoms with van der Waals surface area (Å²) in [6.45, 7) is 0. The molecule has 0 amide bonds. The van der Waals surface area contributed by atoms with Crippen molar-refractivity contribution < 1.29 is 31.2 Å². The van der Waals surface area contributed by atoms with Gasteiger partial charge in [-0.15, -0.1) is 13.2 Å². The molecule has 17 heavy (non-hydrogen) atoms. The van der Waals surface area contributed by atoms with Gasteiger partial charge in [-0.3, -0.25) is 4.84 Å². The van der Waals surface area contributed by atoms with E-state index in [1.54, 1.807) is 4.89 Å². The fraction of sp³-hybridized carbons (Fsp3) is 0.250. The molecule has 5 nitrogen and oxygen atoms in total. The summed E-state index contributed by atoms with van der Waals surface area (Å²) in [5, 5.41) is 0. The average molecular weight is 271 g/mol. The molecule has 0 fully saturated rings. The van der Waals surface area contributed by atoms with Crippen LogP contribution >= 0.6 is 0 Å². The van der Waals surface area contributed by atoms with Crippen LogP contribution < -0.4 is 9.62 Å². The summed E-state index contributed by atoms with van der Waals surface area (Å²) >= 11 is 0. The van der Waals surface area contributed by atoms with Crippen molar-refractivity contribution in [3.8, 4) is 5.75 Å². The molecule has 9 heteroatoms. The molecular formula is C8H8F3NO4S. The van der Waals surface area contributed by atoms with Gasteiger partial charge in [0, 0.05) is 0 Å². The van der Waals surface area contributed by atoms with Gasteiger partial charge in [-0.05, 0) is 12.1 Å². The Morgan fingerprint density at radius 1 is 1.24 bits per heavy atom. The van der Waals surface area contributed by atoms with E-state index in [1.807, 2.05) is 0 Å². The third kappa shape index (κ3) is 3.88. The standard InChI is InChI=1S/C8H8F3NO4S/c1-15-12-17(13,14)7-5-3-2-4-6(7)16-8(9,10)11/h2-5,12H,1H3. The number of rotatable bonds is 4. The molecule has 0 aromatic heterocycles.